The number of aryl methyl sites for hydroxylation is 2. The molecule has 3 heteroatoms. The molecular weight excluding hydrogens is 338 g/mol. The van der Waals surface area contributed by atoms with Gasteiger partial charge < -0.3 is 4.74 Å². The van der Waals surface area contributed by atoms with Crippen LogP contribution in [-0.4, -0.2) is 4.98 Å². The van der Waals surface area contributed by atoms with Crippen LogP contribution in [-0.2, 0) is 0 Å². The van der Waals surface area contributed by atoms with Crippen LogP contribution >= 0.6 is 11.3 Å². The van der Waals surface area contributed by atoms with E-state index >= 15 is 0 Å². The molecule has 1 aromatic heterocycles. The Hall–Kier alpha value is -2.91. The number of hydrogen-bond acceptors (Lipinski definition) is 3. The van der Waals surface area contributed by atoms with Crippen LogP contribution in [0.1, 0.15) is 21.7 Å². The lowest BCUT2D eigenvalue weighted by Crippen LogP contribution is -1.95. The maximum absolute atomic E-state index is 6.25. The lowest BCUT2D eigenvalue weighted by Gasteiger charge is -2.09. The predicted molar refractivity (Wildman–Crippen MR) is 110 cm³/mol. The van der Waals surface area contributed by atoms with Crippen molar-refractivity contribution < 1.29 is 4.74 Å². The van der Waals surface area contributed by atoms with Gasteiger partial charge in [0.2, 0.25) is 0 Å². The number of thiazole rings is 1. The Bertz CT molecular complexity index is 1040. The molecule has 0 aliphatic heterocycles. The number of hydrogen-bond donors (Lipinski definition) is 0. The fraction of sp³-hybridized carbons (Fsp3) is 0.0870. The molecular formula is C23H19NOS. The summed E-state index contributed by atoms with van der Waals surface area (Å²) in [7, 11) is 0. The molecule has 0 atom stereocenters. The van der Waals surface area contributed by atoms with E-state index in [0.29, 0.717) is 0 Å². The van der Waals surface area contributed by atoms with Gasteiger partial charge in [0.05, 0.1) is 10.2 Å². The zero-order chi connectivity index (χ0) is 17.9. The zero-order valence-corrected chi connectivity index (χ0v) is 15.6. The van der Waals surface area contributed by atoms with Crippen LogP contribution in [0.2, 0.25) is 0 Å². The standard InChI is InChI=1S/C23H19NOS/c1-16-10-12-18(13-11-16)15-21(25-19-7-5-6-17(2)14-19)23-24-20-8-3-4-9-22(20)26-23/h3-15H,1-2H3/b21-15-. The molecule has 0 fully saturated rings. The van der Waals surface area contributed by atoms with Crippen molar-refractivity contribution in [3.05, 3.63) is 94.5 Å². The van der Waals surface area contributed by atoms with E-state index in [9.17, 15) is 0 Å². The summed E-state index contributed by atoms with van der Waals surface area (Å²) in [4.78, 5) is 4.77. The van der Waals surface area contributed by atoms with Crippen molar-refractivity contribution >= 4 is 33.4 Å². The van der Waals surface area contributed by atoms with Crippen molar-refractivity contribution in [2.75, 3.05) is 0 Å². The number of rotatable bonds is 4. The third-order valence-electron chi connectivity index (χ3n) is 4.10. The minimum Gasteiger partial charge on any atom is -0.454 e. The highest BCUT2D eigenvalue weighted by Gasteiger charge is 2.12. The maximum Gasteiger partial charge on any atom is 0.163 e. The van der Waals surface area contributed by atoms with Gasteiger partial charge in [-0.1, -0.05) is 54.1 Å². The third kappa shape index (κ3) is 3.68. The van der Waals surface area contributed by atoms with E-state index < -0.39 is 0 Å². The van der Waals surface area contributed by atoms with Gasteiger partial charge in [0, 0.05) is 0 Å². The molecule has 2 nitrogen and oxygen atoms in total. The average molecular weight is 357 g/mol. The molecule has 4 aromatic rings. The Kier molecular flexibility index (Phi) is 4.55. The summed E-state index contributed by atoms with van der Waals surface area (Å²) in [6, 6.07) is 24.7. The number of nitrogens with zero attached hydrogens (tertiary/aromatic N) is 1. The van der Waals surface area contributed by atoms with E-state index in [1.807, 2.05) is 36.4 Å². The molecule has 3 aromatic carbocycles. The quantitative estimate of drug-likeness (QED) is 0.389. The van der Waals surface area contributed by atoms with Gasteiger partial charge in [-0.15, -0.1) is 11.3 Å². The molecule has 0 amide bonds. The topological polar surface area (TPSA) is 22.1 Å². The number of aromatic nitrogens is 1. The Morgan fingerprint density at radius 1 is 0.885 bits per heavy atom. The zero-order valence-electron chi connectivity index (χ0n) is 14.8. The van der Waals surface area contributed by atoms with Gasteiger partial charge >= 0.3 is 0 Å². The molecule has 0 bridgehead atoms. The van der Waals surface area contributed by atoms with Crippen molar-refractivity contribution in [1.29, 1.82) is 0 Å². The molecule has 0 N–H and O–H groups in total. The summed E-state index contributed by atoms with van der Waals surface area (Å²) in [6.45, 7) is 4.15. The molecule has 0 radical (unpaired) electrons. The summed E-state index contributed by atoms with van der Waals surface area (Å²) < 4.78 is 7.41. The Balaban J connectivity index is 1.78. The summed E-state index contributed by atoms with van der Waals surface area (Å²) in [5, 5.41) is 0.883. The first-order valence-electron chi connectivity index (χ1n) is 8.56. The maximum atomic E-state index is 6.25. The van der Waals surface area contributed by atoms with Crippen molar-refractivity contribution in [3.63, 3.8) is 0 Å². The van der Waals surface area contributed by atoms with Gasteiger partial charge in [0.1, 0.15) is 5.75 Å². The fourth-order valence-electron chi connectivity index (χ4n) is 2.73. The second-order valence-corrected chi connectivity index (χ2v) is 7.36. The van der Waals surface area contributed by atoms with E-state index in [2.05, 4.69) is 56.3 Å². The number of ether oxygens (including phenoxy) is 1. The fourth-order valence-corrected chi connectivity index (χ4v) is 3.65. The van der Waals surface area contributed by atoms with Crippen LogP contribution in [0.15, 0.2) is 72.8 Å². The van der Waals surface area contributed by atoms with Crippen LogP contribution in [0.5, 0.6) is 5.75 Å². The number of benzene rings is 3. The van der Waals surface area contributed by atoms with E-state index in [-0.39, 0.29) is 0 Å². The summed E-state index contributed by atoms with van der Waals surface area (Å²) in [5.74, 6) is 1.59. The van der Waals surface area contributed by atoms with E-state index in [0.717, 1.165) is 32.3 Å². The summed E-state index contributed by atoms with van der Waals surface area (Å²) in [6.07, 6.45) is 2.06. The lowest BCUT2D eigenvalue weighted by atomic mass is 10.1. The highest BCUT2D eigenvalue weighted by atomic mass is 32.1. The van der Waals surface area contributed by atoms with Crippen LogP contribution in [0.3, 0.4) is 0 Å². The summed E-state index contributed by atoms with van der Waals surface area (Å²) >= 11 is 1.65. The van der Waals surface area contributed by atoms with Gasteiger partial charge in [-0.3, -0.25) is 0 Å². The minimum absolute atomic E-state index is 0.764. The normalized spacial score (nSPS) is 11.7. The summed E-state index contributed by atoms with van der Waals surface area (Å²) in [5.41, 5.74) is 4.50. The largest absolute Gasteiger partial charge is 0.454 e. The molecule has 0 unspecified atom stereocenters. The first-order valence-corrected chi connectivity index (χ1v) is 9.38. The molecule has 0 saturated heterocycles. The Morgan fingerprint density at radius 3 is 2.46 bits per heavy atom. The molecule has 0 spiro atoms. The van der Waals surface area contributed by atoms with E-state index in [1.165, 1.54) is 11.1 Å². The highest BCUT2D eigenvalue weighted by molar-refractivity contribution is 7.19. The minimum atomic E-state index is 0.764. The molecule has 128 valence electrons. The van der Waals surface area contributed by atoms with Gasteiger partial charge in [-0.05, 0) is 55.3 Å². The Labute approximate surface area is 157 Å². The predicted octanol–water partition coefficient (Wildman–Crippen LogP) is 6.49. The van der Waals surface area contributed by atoms with Gasteiger partial charge in [-0.25, -0.2) is 4.98 Å². The average Bonchev–Trinajstić information content (AvgIpc) is 3.07. The van der Waals surface area contributed by atoms with E-state index in [1.54, 1.807) is 11.3 Å². The monoisotopic (exact) mass is 357 g/mol. The first kappa shape index (κ1) is 16.6. The first-order chi connectivity index (χ1) is 12.7. The Morgan fingerprint density at radius 2 is 1.69 bits per heavy atom. The van der Waals surface area contributed by atoms with Crippen LogP contribution < -0.4 is 4.74 Å². The second kappa shape index (κ2) is 7.14. The highest BCUT2D eigenvalue weighted by Crippen LogP contribution is 2.30. The van der Waals surface area contributed by atoms with E-state index in [4.69, 9.17) is 9.72 Å². The van der Waals surface area contributed by atoms with Gasteiger partial charge in [-0.2, -0.15) is 0 Å². The van der Waals surface area contributed by atoms with Crippen molar-refractivity contribution in [1.82, 2.24) is 4.98 Å². The van der Waals surface area contributed by atoms with Gasteiger partial charge in [0.25, 0.3) is 0 Å². The third-order valence-corrected chi connectivity index (χ3v) is 5.15. The van der Waals surface area contributed by atoms with Crippen molar-refractivity contribution in [3.8, 4) is 5.75 Å². The van der Waals surface area contributed by atoms with Crippen molar-refractivity contribution in [2.45, 2.75) is 13.8 Å². The van der Waals surface area contributed by atoms with Crippen LogP contribution in [0.25, 0.3) is 22.1 Å². The SMILES string of the molecule is Cc1ccc(/C=C(\Oc2cccc(C)c2)c2nc3ccccc3s2)cc1. The molecule has 4 rings (SSSR count). The molecule has 0 aliphatic rings. The molecule has 1 heterocycles. The van der Waals surface area contributed by atoms with Crippen LogP contribution in [0.4, 0.5) is 0 Å². The second-order valence-electron chi connectivity index (χ2n) is 6.32. The van der Waals surface area contributed by atoms with Crippen LogP contribution in [0, 0.1) is 13.8 Å². The van der Waals surface area contributed by atoms with Crippen molar-refractivity contribution in [2.24, 2.45) is 0 Å². The lowest BCUT2D eigenvalue weighted by molar-refractivity contribution is 0.517. The molecule has 0 saturated carbocycles. The number of para-hydroxylation sites is 1. The molecule has 26 heavy (non-hydrogen) atoms. The smallest absolute Gasteiger partial charge is 0.163 e. The number of fused-ring (bicyclic) bond motifs is 1. The molecule has 0 aliphatic carbocycles. The van der Waals surface area contributed by atoms with Gasteiger partial charge in [0.15, 0.2) is 10.8 Å².